The first kappa shape index (κ1) is 19.8. The largest absolute Gasteiger partial charge is 0.451 e. The summed E-state index contributed by atoms with van der Waals surface area (Å²) in [4.78, 5) is 28.4. The molecule has 1 amide bonds. The highest BCUT2D eigenvalue weighted by molar-refractivity contribution is 7.11. The maximum atomic E-state index is 12.1. The third-order valence-corrected chi connectivity index (χ3v) is 5.34. The lowest BCUT2D eigenvalue weighted by Crippen LogP contribution is -2.28. The van der Waals surface area contributed by atoms with Gasteiger partial charge in [0.15, 0.2) is 6.61 Å². The van der Waals surface area contributed by atoms with Gasteiger partial charge in [0.2, 0.25) is 0 Å². The Kier molecular flexibility index (Phi) is 6.20. The summed E-state index contributed by atoms with van der Waals surface area (Å²) in [6, 6.07) is 10.1. The number of amides is 1. The molecule has 0 atom stereocenters. The van der Waals surface area contributed by atoms with E-state index < -0.39 is 5.97 Å². The molecule has 1 aromatic carbocycles. The summed E-state index contributed by atoms with van der Waals surface area (Å²) in [6.07, 6.45) is 0. The molecule has 0 saturated carbocycles. The van der Waals surface area contributed by atoms with Gasteiger partial charge in [-0.3, -0.25) is 9.48 Å². The van der Waals surface area contributed by atoms with Crippen LogP contribution in [0.1, 0.15) is 37.9 Å². The fourth-order valence-corrected chi connectivity index (χ4v) is 3.53. The highest BCUT2D eigenvalue weighted by Crippen LogP contribution is 2.15. The minimum atomic E-state index is -0.529. The number of nitrogens with zero attached hydrogens (tertiary/aromatic N) is 3. The van der Waals surface area contributed by atoms with E-state index in [1.165, 1.54) is 11.3 Å². The van der Waals surface area contributed by atoms with E-state index in [9.17, 15) is 9.59 Å². The van der Waals surface area contributed by atoms with Gasteiger partial charge in [0, 0.05) is 17.8 Å². The molecule has 3 aromatic rings. The number of ether oxygens (including phenoxy) is 1. The summed E-state index contributed by atoms with van der Waals surface area (Å²) in [5.41, 5.74) is 6.17. The first-order chi connectivity index (χ1) is 13.5. The minimum Gasteiger partial charge on any atom is -0.451 e. The average Bonchev–Trinajstić information content (AvgIpc) is 3.22. The van der Waals surface area contributed by atoms with Crippen molar-refractivity contribution in [2.24, 2.45) is 0 Å². The van der Waals surface area contributed by atoms with E-state index >= 15 is 0 Å². The molecule has 0 fully saturated rings. The third-order valence-electron chi connectivity index (χ3n) is 4.43. The molecule has 1 N–H and O–H groups in total. The summed E-state index contributed by atoms with van der Waals surface area (Å²) < 4.78 is 6.99. The Morgan fingerprint density at radius 3 is 2.57 bits per heavy atom. The standard InChI is InChI=1S/C20H22N4O3S/c1-13-17(15(3)24(23-13)10-16-7-5-4-6-8-16)9-21-18(25)11-27-20(26)19-14(2)22-12-28-19/h4-8,12H,9-11H2,1-3H3,(H,21,25). The van der Waals surface area contributed by atoms with Crippen molar-refractivity contribution in [2.45, 2.75) is 33.9 Å². The number of carbonyl (C=O) groups excluding carboxylic acids is 2. The Morgan fingerprint density at radius 2 is 1.89 bits per heavy atom. The minimum absolute atomic E-state index is 0.327. The van der Waals surface area contributed by atoms with E-state index in [1.54, 1.807) is 12.4 Å². The van der Waals surface area contributed by atoms with E-state index in [1.807, 2.05) is 36.7 Å². The van der Waals surface area contributed by atoms with Crippen LogP contribution in [-0.4, -0.2) is 33.2 Å². The van der Waals surface area contributed by atoms with Crippen molar-refractivity contribution in [3.8, 4) is 0 Å². The Hall–Kier alpha value is -3.00. The number of nitrogens with one attached hydrogen (secondary N) is 1. The third kappa shape index (κ3) is 4.64. The number of rotatable bonds is 7. The predicted octanol–water partition coefficient (Wildman–Crippen LogP) is 2.79. The Labute approximate surface area is 167 Å². The van der Waals surface area contributed by atoms with Gasteiger partial charge in [-0.05, 0) is 26.3 Å². The molecule has 0 spiro atoms. The van der Waals surface area contributed by atoms with Crippen molar-refractivity contribution in [3.05, 3.63) is 68.9 Å². The molecule has 28 heavy (non-hydrogen) atoms. The Morgan fingerprint density at radius 1 is 1.14 bits per heavy atom. The maximum Gasteiger partial charge on any atom is 0.350 e. The topological polar surface area (TPSA) is 86.1 Å². The molecule has 8 heteroatoms. The van der Waals surface area contributed by atoms with Crippen molar-refractivity contribution >= 4 is 23.2 Å². The molecule has 2 aromatic heterocycles. The van der Waals surface area contributed by atoms with Crippen LogP contribution in [0.5, 0.6) is 0 Å². The molecule has 146 valence electrons. The van der Waals surface area contributed by atoms with E-state index in [0.717, 1.165) is 22.5 Å². The molecule has 0 bridgehead atoms. The van der Waals surface area contributed by atoms with E-state index in [0.29, 0.717) is 23.7 Å². The smallest absolute Gasteiger partial charge is 0.350 e. The molecule has 2 heterocycles. The van der Waals surface area contributed by atoms with Crippen LogP contribution in [0, 0.1) is 20.8 Å². The van der Waals surface area contributed by atoms with Gasteiger partial charge in [0.25, 0.3) is 5.91 Å². The summed E-state index contributed by atoms with van der Waals surface area (Å²) in [5, 5.41) is 7.37. The molecular weight excluding hydrogens is 376 g/mol. The summed E-state index contributed by atoms with van der Waals surface area (Å²) in [5.74, 6) is -0.886. The van der Waals surface area contributed by atoms with Gasteiger partial charge >= 0.3 is 5.97 Å². The molecule has 0 aliphatic carbocycles. The zero-order valence-electron chi connectivity index (χ0n) is 16.1. The lowest BCUT2D eigenvalue weighted by atomic mass is 10.2. The van der Waals surface area contributed by atoms with Crippen molar-refractivity contribution in [2.75, 3.05) is 6.61 Å². The van der Waals surface area contributed by atoms with Crippen LogP contribution in [0.2, 0.25) is 0 Å². The van der Waals surface area contributed by atoms with E-state index in [4.69, 9.17) is 4.74 Å². The first-order valence-corrected chi connectivity index (χ1v) is 9.74. The average molecular weight is 398 g/mol. The molecule has 0 aliphatic heterocycles. The second kappa shape index (κ2) is 8.79. The molecule has 3 rings (SSSR count). The molecular formula is C20H22N4O3S. The highest BCUT2D eigenvalue weighted by Gasteiger charge is 2.16. The second-order valence-electron chi connectivity index (χ2n) is 6.41. The fraction of sp³-hybridized carbons (Fsp3) is 0.300. The van der Waals surface area contributed by atoms with Crippen LogP contribution in [0.3, 0.4) is 0 Å². The van der Waals surface area contributed by atoms with Gasteiger partial charge in [0.1, 0.15) is 4.88 Å². The van der Waals surface area contributed by atoms with E-state index in [-0.39, 0.29) is 12.5 Å². The lowest BCUT2D eigenvalue weighted by molar-refractivity contribution is -0.124. The summed E-state index contributed by atoms with van der Waals surface area (Å²) in [7, 11) is 0. The van der Waals surface area contributed by atoms with Crippen molar-refractivity contribution < 1.29 is 14.3 Å². The molecule has 0 saturated heterocycles. The molecule has 7 nitrogen and oxygen atoms in total. The predicted molar refractivity (Wildman–Crippen MR) is 106 cm³/mol. The number of carbonyl (C=O) groups is 2. The summed E-state index contributed by atoms with van der Waals surface area (Å²) in [6.45, 7) is 6.31. The molecule has 0 radical (unpaired) electrons. The number of aromatic nitrogens is 3. The maximum absolute atomic E-state index is 12.1. The van der Waals surface area contributed by atoms with Gasteiger partial charge in [0.05, 0.1) is 23.4 Å². The highest BCUT2D eigenvalue weighted by atomic mass is 32.1. The van der Waals surface area contributed by atoms with Crippen molar-refractivity contribution in [1.29, 1.82) is 0 Å². The van der Waals surface area contributed by atoms with Crippen LogP contribution >= 0.6 is 11.3 Å². The SMILES string of the molecule is Cc1ncsc1C(=O)OCC(=O)NCc1c(C)nn(Cc2ccccc2)c1C. The number of hydrogen-bond acceptors (Lipinski definition) is 6. The zero-order chi connectivity index (χ0) is 20.1. The number of hydrogen-bond donors (Lipinski definition) is 1. The number of thiazole rings is 1. The van der Waals surface area contributed by atoms with Crippen molar-refractivity contribution in [3.63, 3.8) is 0 Å². The van der Waals surface area contributed by atoms with Crippen LogP contribution in [0.25, 0.3) is 0 Å². The second-order valence-corrected chi connectivity index (χ2v) is 7.27. The van der Waals surface area contributed by atoms with Gasteiger partial charge in [-0.15, -0.1) is 11.3 Å². The molecule has 0 aliphatic rings. The quantitative estimate of drug-likeness (QED) is 0.619. The Balaban J connectivity index is 1.55. The lowest BCUT2D eigenvalue weighted by Gasteiger charge is -2.08. The van der Waals surface area contributed by atoms with Crippen LogP contribution in [-0.2, 0) is 22.6 Å². The number of esters is 1. The van der Waals surface area contributed by atoms with E-state index in [2.05, 4.69) is 27.5 Å². The number of benzene rings is 1. The summed E-state index contributed by atoms with van der Waals surface area (Å²) >= 11 is 1.20. The fourth-order valence-electron chi connectivity index (χ4n) is 2.83. The first-order valence-electron chi connectivity index (χ1n) is 8.86. The van der Waals surface area contributed by atoms with Gasteiger partial charge in [-0.2, -0.15) is 5.10 Å². The zero-order valence-corrected chi connectivity index (χ0v) is 16.9. The van der Waals surface area contributed by atoms with Gasteiger partial charge < -0.3 is 10.1 Å². The van der Waals surface area contributed by atoms with Crippen molar-refractivity contribution in [1.82, 2.24) is 20.1 Å². The van der Waals surface area contributed by atoms with Crippen LogP contribution in [0.15, 0.2) is 35.8 Å². The van der Waals surface area contributed by atoms with Gasteiger partial charge in [-0.25, -0.2) is 9.78 Å². The number of aryl methyl sites for hydroxylation is 2. The van der Waals surface area contributed by atoms with Gasteiger partial charge in [-0.1, -0.05) is 30.3 Å². The molecule has 0 unspecified atom stereocenters. The monoisotopic (exact) mass is 398 g/mol. The Bertz CT molecular complexity index is 979. The van der Waals surface area contributed by atoms with Crippen LogP contribution < -0.4 is 5.32 Å². The normalized spacial score (nSPS) is 10.7. The van der Waals surface area contributed by atoms with Crippen LogP contribution in [0.4, 0.5) is 0 Å².